The highest BCUT2D eigenvalue weighted by atomic mass is 16.1. The van der Waals surface area contributed by atoms with Crippen LogP contribution in [0.25, 0.3) is 0 Å². The van der Waals surface area contributed by atoms with Crippen LogP contribution in [0.3, 0.4) is 0 Å². The number of rotatable bonds is 4. The Hall–Kier alpha value is -1.90. The molecule has 0 aromatic heterocycles. The number of carbonyl (C=O) groups excluding carboxylic acids is 2. The van der Waals surface area contributed by atoms with Crippen molar-refractivity contribution in [3.05, 3.63) is 47.0 Å². The molecule has 0 bridgehead atoms. The normalized spacial score (nSPS) is 18.6. The van der Waals surface area contributed by atoms with Gasteiger partial charge in [-0.05, 0) is 55.7 Å². The molecular formula is C20H25NO2. The van der Waals surface area contributed by atoms with Crippen LogP contribution in [0.5, 0.6) is 0 Å². The summed E-state index contributed by atoms with van der Waals surface area (Å²) in [5.74, 6) is -0.197. The van der Waals surface area contributed by atoms with E-state index in [2.05, 4.69) is 11.4 Å². The first-order valence-electron chi connectivity index (χ1n) is 8.88. The molecule has 0 aliphatic heterocycles. The Morgan fingerprint density at radius 2 is 1.74 bits per heavy atom. The van der Waals surface area contributed by atoms with Gasteiger partial charge in [0.25, 0.3) is 0 Å². The Bertz CT molecular complexity index is 612. The molecule has 3 heteroatoms. The molecule has 2 aliphatic rings. The molecule has 0 atom stereocenters. The van der Waals surface area contributed by atoms with Gasteiger partial charge >= 0.3 is 0 Å². The molecule has 1 N–H and O–H groups in total. The molecule has 2 aliphatic carbocycles. The molecule has 0 heterocycles. The topological polar surface area (TPSA) is 46.2 Å². The van der Waals surface area contributed by atoms with Gasteiger partial charge in [0.2, 0.25) is 5.91 Å². The van der Waals surface area contributed by atoms with Crippen LogP contribution in [-0.4, -0.2) is 17.7 Å². The summed E-state index contributed by atoms with van der Waals surface area (Å²) in [6.07, 6.45) is 12.9. The maximum atomic E-state index is 12.4. The first kappa shape index (κ1) is 16.0. The Kier molecular flexibility index (Phi) is 5.27. The molecule has 3 rings (SSSR count). The van der Waals surface area contributed by atoms with Crippen molar-refractivity contribution in [1.29, 1.82) is 0 Å². The summed E-state index contributed by atoms with van der Waals surface area (Å²) in [6, 6.07) is 6.23. The maximum Gasteiger partial charge on any atom is 0.244 e. The standard InChI is InChI=1S/C20H25NO2/c22-19(13-14-20(23)21-16-9-2-1-3-10-16)18-12-6-8-15-7-4-5-11-17(15)18/h6,8,12-14,16H,1-5,7,9-11H2,(H,21,23)/b14-13+. The van der Waals surface area contributed by atoms with E-state index < -0.39 is 0 Å². The van der Waals surface area contributed by atoms with E-state index in [0.29, 0.717) is 0 Å². The van der Waals surface area contributed by atoms with Gasteiger partial charge in [-0.25, -0.2) is 0 Å². The van der Waals surface area contributed by atoms with E-state index >= 15 is 0 Å². The molecule has 122 valence electrons. The third-order valence-electron chi connectivity index (χ3n) is 5.00. The van der Waals surface area contributed by atoms with Crippen molar-refractivity contribution in [3.8, 4) is 0 Å². The van der Waals surface area contributed by atoms with Gasteiger partial charge in [0.15, 0.2) is 5.78 Å². The molecule has 0 spiro atoms. The average Bonchev–Trinajstić information content (AvgIpc) is 2.60. The number of benzene rings is 1. The van der Waals surface area contributed by atoms with Crippen LogP contribution in [0, 0.1) is 0 Å². The number of carbonyl (C=O) groups is 2. The summed E-state index contributed by atoms with van der Waals surface area (Å²) in [5.41, 5.74) is 3.24. The van der Waals surface area contributed by atoms with E-state index in [1.807, 2.05) is 12.1 Å². The summed E-state index contributed by atoms with van der Waals surface area (Å²) >= 11 is 0. The van der Waals surface area contributed by atoms with Crippen LogP contribution in [0.15, 0.2) is 30.4 Å². The van der Waals surface area contributed by atoms with Crippen molar-refractivity contribution < 1.29 is 9.59 Å². The third-order valence-corrected chi connectivity index (χ3v) is 5.00. The molecule has 1 amide bonds. The lowest BCUT2D eigenvalue weighted by molar-refractivity contribution is -0.117. The number of aryl methyl sites for hydroxylation is 1. The molecule has 3 nitrogen and oxygen atoms in total. The quantitative estimate of drug-likeness (QED) is 0.680. The van der Waals surface area contributed by atoms with Crippen molar-refractivity contribution in [1.82, 2.24) is 5.32 Å². The summed E-state index contributed by atoms with van der Waals surface area (Å²) in [6.45, 7) is 0. The molecule has 0 saturated heterocycles. The smallest absolute Gasteiger partial charge is 0.244 e. The fraction of sp³-hybridized carbons (Fsp3) is 0.500. The molecule has 1 aromatic rings. The van der Waals surface area contributed by atoms with E-state index in [9.17, 15) is 9.59 Å². The van der Waals surface area contributed by atoms with Gasteiger partial charge in [-0.3, -0.25) is 9.59 Å². The second-order valence-electron chi connectivity index (χ2n) is 6.69. The van der Waals surface area contributed by atoms with Gasteiger partial charge in [-0.15, -0.1) is 0 Å². The lowest BCUT2D eigenvalue weighted by atomic mass is 9.87. The summed E-state index contributed by atoms with van der Waals surface area (Å²) in [4.78, 5) is 24.4. The first-order valence-corrected chi connectivity index (χ1v) is 8.88. The van der Waals surface area contributed by atoms with E-state index in [1.54, 1.807) is 0 Å². The molecule has 1 saturated carbocycles. The highest BCUT2D eigenvalue weighted by molar-refractivity contribution is 6.08. The number of fused-ring (bicyclic) bond motifs is 1. The van der Waals surface area contributed by atoms with Crippen molar-refractivity contribution in [2.24, 2.45) is 0 Å². The predicted octanol–water partition coefficient (Wildman–Crippen LogP) is 3.75. The SMILES string of the molecule is O=C(/C=C/C(=O)c1cccc2c1CCCC2)NC1CCCCC1. The number of amides is 1. The number of hydrogen-bond acceptors (Lipinski definition) is 2. The number of ketones is 1. The maximum absolute atomic E-state index is 12.4. The van der Waals surface area contributed by atoms with Crippen molar-refractivity contribution in [2.45, 2.75) is 63.8 Å². The summed E-state index contributed by atoms with van der Waals surface area (Å²) in [7, 11) is 0. The molecular weight excluding hydrogens is 286 g/mol. The average molecular weight is 311 g/mol. The molecule has 1 fully saturated rings. The van der Waals surface area contributed by atoms with E-state index in [4.69, 9.17) is 0 Å². The van der Waals surface area contributed by atoms with Crippen LogP contribution in [0.1, 0.15) is 66.4 Å². The van der Waals surface area contributed by atoms with Gasteiger partial charge in [0, 0.05) is 17.7 Å². The summed E-state index contributed by atoms with van der Waals surface area (Å²) in [5, 5.41) is 3.01. The number of allylic oxidation sites excluding steroid dienone is 1. The van der Waals surface area contributed by atoms with Gasteiger partial charge < -0.3 is 5.32 Å². The monoisotopic (exact) mass is 311 g/mol. The van der Waals surface area contributed by atoms with E-state index in [-0.39, 0.29) is 17.7 Å². The van der Waals surface area contributed by atoms with Gasteiger partial charge in [0.05, 0.1) is 0 Å². The van der Waals surface area contributed by atoms with Crippen LogP contribution >= 0.6 is 0 Å². The molecule has 0 radical (unpaired) electrons. The fourth-order valence-corrected chi connectivity index (χ4v) is 3.75. The third kappa shape index (κ3) is 4.10. The molecule has 1 aromatic carbocycles. The summed E-state index contributed by atoms with van der Waals surface area (Å²) < 4.78 is 0. The van der Waals surface area contributed by atoms with Crippen molar-refractivity contribution >= 4 is 11.7 Å². The Labute approximate surface area is 138 Å². The predicted molar refractivity (Wildman–Crippen MR) is 91.6 cm³/mol. The number of nitrogens with one attached hydrogen (secondary N) is 1. The number of hydrogen-bond donors (Lipinski definition) is 1. The largest absolute Gasteiger partial charge is 0.350 e. The minimum Gasteiger partial charge on any atom is -0.350 e. The van der Waals surface area contributed by atoms with Gasteiger partial charge in [0.1, 0.15) is 0 Å². The minimum atomic E-state index is -0.143. The van der Waals surface area contributed by atoms with Crippen molar-refractivity contribution in [2.75, 3.05) is 0 Å². The van der Waals surface area contributed by atoms with E-state index in [1.165, 1.54) is 49.0 Å². The highest BCUT2D eigenvalue weighted by Crippen LogP contribution is 2.25. The van der Waals surface area contributed by atoms with Crippen LogP contribution in [0.4, 0.5) is 0 Å². The zero-order valence-corrected chi connectivity index (χ0v) is 13.6. The highest BCUT2D eigenvalue weighted by Gasteiger charge is 2.17. The van der Waals surface area contributed by atoms with Crippen molar-refractivity contribution in [3.63, 3.8) is 0 Å². The van der Waals surface area contributed by atoms with Crippen LogP contribution < -0.4 is 5.32 Å². The van der Waals surface area contributed by atoms with E-state index in [0.717, 1.165) is 37.7 Å². The second kappa shape index (κ2) is 7.58. The second-order valence-corrected chi connectivity index (χ2v) is 6.69. The molecule has 23 heavy (non-hydrogen) atoms. The fourth-order valence-electron chi connectivity index (χ4n) is 3.75. The molecule has 0 unspecified atom stereocenters. The van der Waals surface area contributed by atoms with Gasteiger partial charge in [-0.1, -0.05) is 37.5 Å². The lowest BCUT2D eigenvalue weighted by Crippen LogP contribution is -2.35. The zero-order chi connectivity index (χ0) is 16.1. The Morgan fingerprint density at radius 3 is 2.57 bits per heavy atom. The Balaban J connectivity index is 1.63. The van der Waals surface area contributed by atoms with Crippen LogP contribution in [-0.2, 0) is 17.6 Å². The first-order chi connectivity index (χ1) is 11.2. The lowest BCUT2D eigenvalue weighted by Gasteiger charge is -2.21. The van der Waals surface area contributed by atoms with Gasteiger partial charge in [-0.2, -0.15) is 0 Å². The minimum absolute atomic E-state index is 0.0532. The van der Waals surface area contributed by atoms with Crippen LogP contribution in [0.2, 0.25) is 0 Å². The Morgan fingerprint density at radius 1 is 0.957 bits per heavy atom. The zero-order valence-electron chi connectivity index (χ0n) is 13.6.